The van der Waals surface area contributed by atoms with Gasteiger partial charge in [-0.15, -0.1) is 0 Å². The van der Waals surface area contributed by atoms with Crippen molar-refractivity contribution >= 4 is 11.8 Å². The zero-order valence-electron chi connectivity index (χ0n) is 13.0. The van der Waals surface area contributed by atoms with Crippen LogP contribution in [0.3, 0.4) is 0 Å². The lowest BCUT2D eigenvalue weighted by molar-refractivity contribution is -0.150. The van der Waals surface area contributed by atoms with E-state index < -0.39 is 6.04 Å². The van der Waals surface area contributed by atoms with Gasteiger partial charge in [0.2, 0.25) is 11.8 Å². The molecule has 1 heterocycles. The number of carbonyl (C=O) groups is 2. The number of benzene rings is 1. The number of hydrogen-bond donors (Lipinski definition) is 1. The van der Waals surface area contributed by atoms with Crippen molar-refractivity contribution in [3.63, 3.8) is 0 Å². The number of amides is 2. The van der Waals surface area contributed by atoms with Crippen LogP contribution >= 0.6 is 0 Å². The van der Waals surface area contributed by atoms with Crippen LogP contribution in [0, 0.1) is 5.92 Å². The van der Waals surface area contributed by atoms with Crippen LogP contribution in [0.4, 0.5) is 0 Å². The molecule has 1 fully saturated rings. The third-order valence-corrected chi connectivity index (χ3v) is 3.74. The van der Waals surface area contributed by atoms with Crippen molar-refractivity contribution < 1.29 is 9.59 Å². The normalized spacial score (nSPS) is 22.6. The van der Waals surface area contributed by atoms with Gasteiger partial charge in [-0.2, -0.15) is 0 Å². The molecule has 0 spiro atoms. The summed E-state index contributed by atoms with van der Waals surface area (Å²) in [6.07, 6.45) is 1.53. The van der Waals surface area contributed by atoms with Gasteiger partial charge in [-0.1, -0.05) is 51.1 Å². The van der Waals surface area contributed by atoms with Crippen molar-refractivity contribution in [1.82, 2.24) is 10.2 Å². The van der Waals surface area contributed by atoms with Crippen LogP contribution in [0.15, 0.2) is 30.3 Å². The number of nitrogens with one attached hydrogen (secondary N) is 1. The summed E-state index contributed by atoms with van der Waals surface area (Å²) in [6.45, 7) is 6.76. The highest BCUT2D eigenvalue weighted by Crippen LogP contribution is 2.27. The largest absolute Gasteiger partial charge is 0.342 e. The molecule has 2 atom stereocenters. The molecule has 1 aliphatic heterocycles. The molecule has 1 aromatic rings. The van der Waals surface area contributed by atoms with Crippen LogP contribution in [0.25, 0.3) is 0 Å². The van der Waals surface area contributed by atoms with Gasteiger partial charge in [-0.25, -0.2) is 0 Å². The zero-order valence-corrected chi connectivity index (χ0v) is 13.0. The van der Waals surface area contributed by atoms with Gasteiger partial charge in [0.1, 0.15) is 12.1 Å². The maximum atomic E-state index is 12.7. The maximum absolute atomic E-state index is 12.7. The Bertz CT molecular complexity index is 499. The fourth-order valence-electron chi connectivity index (χ4n) is 2.86. The SMILES string of the molecule is CCCN1C(=O)C(CC(C)C)NC(=O)C1c1ccccc1. The van der Waals surface area contributed by atoms with E-state index in [-0.39, 0.29) is 17.9 Å². The van der Waals surface area contributed by atoms with E-state index in [1.807, 2.05) is 37.3 Å². The number of rotatable bonds is 5. The molecule has 4 nitrogen and oxygen atoms in total. The minimum Gasteiger partial charge on any atom is -0.342 e. The maximum Gasteiger partial charge on any atom is 0.248 e. The van der Waals surface area contributed by atoms with Gasteiger partial charge in [0.25, 0.3) is 0 Å². The average Bonchev–Trinajstić information content (AvgIpc) is 2.45. The lowest BCUT2D eigenvalue weighted by Gasteiger charge is -2.39. The topological polar surface area (TPSA) is 49.4 Å². The molecule has 1 N–H and O–H groups in total. The third kappa shape index (κ3) is 3.43. The van der Waals surface area contributed by atoms with E-state index in [0.29, 0.717) is 18.9 Å². The summed E-state index contributed by atoms with van der Waals surface area (Å²) in [5.74, 6) is 0.343. The Morgan fingerprint density at radius 2 is 1.86 bits per heavy atom. The smallest absolute Gasteiger partial charge is 0.248 e. The molecular weight excluding hydrogens is 264 g/mol. The van der Waals surface area contributed by atoms with Crippen molar-refractivity contribution in [2.45, 2.75) is 45.7 Å². The van der Waals surface area contributed by atoms with Crippen molar-refractivity contribution in [2.24, 2.45) is 5.92 Å². The van der Waals surface area contributed by atoms with Crippen LogP contribution in [0.2, 0.25) is 0 Å². The molecule has 0 radical (unpaired) electrons. The standard InChI is InChI=1S/C17H24N2O2/c1-4-10-19-15(13-8-6-5-7-9-13)16(20)18-14(17(19)21)11-12(2)3/h5-9,12,14-15H,4,10-11H2,1-3H3,(H,18,20). The highest BCUT2D eigenvalue weighted by molar-refractivity contribution is 5.97. The molecular formula is C17H24N2O2. The molecule has 2 amide bonds. The fourth-order valence-corrected chi connectivity index (χ4v) is 2.86. The van der Waals surface area contributed by atoms with Crippen LogP contribution in [-0.4, -0.2) is 29.3 Å². The van der Waals surface area contributed by atoms with Gasteiger partial charge in [0.05, 0.1) is 0 Å². The van der Waals surface area contributed by atoms with E-state index >= 15 is 0 Å². The van der Waals surface area contributed by atoms with Crippen LogP contribution in [0.5, 0.6) is 0 Å². The van der Waals surface area contributed by atoms with Gasteiger partial charge < -0.3 is 10.2 Å². The molecule has 1 aromatic carbocycles. The Kier molecular flexibility index (Phi) is 4.99. The molecule has 114 valence electrons. The third-order valence-electron chi connectivity index (χ3n) is 3.74. The van der Waals surface area contributed by atoms with Crippen molar-refractivity contribution in [3.8, 4) is 0 Å². The fraction of sp³-hybridized carbons (Fsp3) is 0.529. The average molecular weight is 288 g/mol. The van der Waals surface area contributed by atoms with E-state index in [2.05, 4.69) is 19.2 Å². The van der Waals surface area contributed by atoms with Crippen LogP contribution < -0.4 is 5.32 Å². The first kappa shape index (κ1) is 15.5. The Morgan fingerprint density at radius 1 is 1.19 bits per heavy atom. The molecule has 2 rings (SSSR count). The summed E-state index contributed by atoms with van der Waals surface area (Å²) in [4.78, 5) is 26.9. The van der Waals surface area contributed by atoms with Crippen molar-refractivity contribution in [3.05, 3.63) is 35.9 Å². The second-order valence-electron chi connectivity index (χ2n) is 6.04. The predicted octanol–water partition coefficient (Wildman–Crippen LogP) is 2.51. The summed E-state index contributed by atoms with van der Waals surface area (Å²) in [5, 5.41) is 2.90. The Balaban J connectivity index is 2.29. The second-order valence-corrected chi connectivity index (χ2v) is 6.04. The van der Waals surface area contributed by atoms with E-state index in [1.54, 1.807) is 4.90 Å². The highest BCUT2D eigenvalue weighted by Gasteiger charge is 2.40. The van der Waals surface area contributed by atoms with Crippen molar-refractivity contribution in [2.75, 3.05) is 6.54 Å². The summed E-state index contributed by atoms with van der Waals surface area (Å²) >= 11 is 0. The first-order valence-corrected chi connectivity index (χ1v) is 7.70. The Morgan fingerprint density at radius 3 is 2.43 bits per heavy atom. The molecule has 0 bridgehead atoms. The molecule has 2 unspecified atom stereocenters. The summed E-state index contributed by atoms with van der Waals surface area (Å²) < 4.78 is 0. The monoisotopic (exact) mass is 288 g/mol. The van der Waals surface area contributed by atoms with Gasteiger partial charge in [0.15, 0.2) is 0 Å². The molecule has 0 aliphatic carbocycles. The molecule has 0 aromatic heterocycles. The number of carbonyl (C=O) groups excluding carboxylic acids is 2. The van der Waals surface area contributed by atoms with E-state index in [4.69, 9.17) is 0 Å². The first-order chi connectivity index (χ1) is 10.0. The van der Waals surface area contributed by atoms with Gasteiger partial charge in [-0.3, -0.25) is 9.59 Å². The summed E-state index contributed by atoms with van der Waals surface area (Å²) in [7, 11) is 0. The minimum atomic E-state index is -0.498. The van der Waals surface area contributed by atoms with Crippen LogP contribution in [0.1, 0.15) is 45.2 Å². The van der Waals surface area contributed by atoms with E-state index in [9.17, 15) is 9.59 Å². The highest BCUT2D eigenvalue weighted by atomic mass is 16.2. The van der Waals surface area contributed by atoms with E-state index in [0.717, 1.165) is 12.0 Å². The lowest BCUT2D eigenvalue weighted by atomic mass is 9.95. The Labute approximate surface area is 126 Å². The van der Waals surface area contributed by atoms with Crippen LogP contribution in [-0.2, 0) is 9.59 Å². The Hall–Kier alpha value is -1.84. The van der Waals surface area contributed by atoms with Gasteiger partial charge in [0, 0.05) is 6.54 Å². The number of hydrogen-bond acceptors (Lipinski definition) is 2. The quantitative estimate of drug-likeness (QED) is 0.905. The molecule has 1 saturated heterocycles. The zero-order chi connectivity index (χ0) is 15.4. The molecule has 21 heavy (non-hydrogen) atoms. The second kappa shape index (κ2) is 6.74. The van der Waals surface area contributed by atoms with Gasteiger partial charge >= 0.3 is 0 Å². The first-order valence-electron chi connectivity index (χ1n) is 7.70. The molecule has 4 heteroatoms. The number of piperazine rings is 1. The van der Waals surface area contributed by atoms with Crippen molar-refractivity contribution in [1.29, 1.82) is 0 Å². The minimum absolute atomic E-state index is 0.0407. The predicted molar refractivity (Wildman–Crippen MR) is 82.6 cm³/mol. The summed E-state index contributed by atoms with van der Waals surface area (Å²) in [6, 6.07) is 8.64. The lowest BCUT2D eigenvalue weighted by Crippen LogP contribution is -2.59. The molecule has 0 saturated carbocycles. The number of nitrogens with zero attached hydrogens (tertiary/aromatic N) is 1. The van der Waals surface area contributed by atoms with Gasteiger partial charge in [-0.05, 0) is 24.3 Å². The van der Waals surface area contributed by atoms with E-state index in [1.165, 1.54) is 0 Å². The molecule has 1 aliphatic rings. The summed E-state index contributed by atoms with van der Waals surface area (Å²) in [5.41, 5.74) is 0.875.